The van der Waals surface area contributed by atoms with Crippen LogP contribution in [0.3, 0.4) is 0 Å². The molecule has 9 heteroatoms. The number of allylic oxidation sites excluding steroid dienone is 1. The van der Waals surface area contributed by atoms with E-state index in [0.29, 0.717) is 51.8 Å². The monoisotopic (exact) mass is 523 g/mol. The first kappa shape index (κ1) is 24.4. The number of methoxy groups -OCH3 is 1. The summed E-state index contributed by atoms with van der Waals surface area (Å²) in [6.45, 7) is 0. The fourth-order valence-corrected chi connectivity index (χ4v) is 4.35. The number of carbonyl (C=O) groups excluding carboxylic acids is 1. The highest BCUT2D eigenvalue weighted by molar-refractivity contribution is 9.10. The Morgan fingerprint density at radius 1 is 1.24 bits per heavy atom. The minimum Gasteiger partial charge on any atom is -0.596 e. The van der Waals surface area contributed by atoms with Gasteiger partial charge >= 0.3 is 8.03 Å². The van der Waals surface area contributed by atoms with Crippen LogP contribution in [-0.4, -0.2) is 23.7 Å². The van der Waals surface area contributed by atoms with E-state index < -0.39 is 8.03 Å². The van der Waals surface area contributed by atoms with Crippen LogP contribution in [0.25, 0.3) is 22.6 Å². The molecule has 0 bridgehead atoms. The number of ether oxygens (including phenoxy) is 1. The number of carbonyl (C=O) groups is 1. The molecule has 0 fully saturated rings. The van der Waals surface area contributed by atoms with Gasteiger partial charge < -0.3 is 9.63 Å². The number of halogens is 1. The number of benzene rings is 2. The lowest BCUT2D eigenvalue weighted by molar-refractivity contribution is -0.164. The number of unbranched alkanes of at least 4 members (excludes halogenated alkanes) is 1. The Kier molecular flexibility index (Phi) is 8.14. The van der Waals surface area contributed by atoms with E-state index in [2.05, 4.69) is 28.1 Å². The average Bonchev–Trinajstić information content (AvgIpc) is 3.18. The van der Waals surface area contributed by atoms with E-state index in [0.717, 1.165) is 4.47 Å². The zero-order valence-electron chi connectivity index (χ0n) is 17.7. The van der Waals surface area contributed by atoms with E-state index in [1.54, 1.807) is 36.5 Å². The maximum atomic E-state index is 12.9. The second-order valence-corrected chi connectivity index (χ2v) is 9.25. The minimum absolute atomic E-state index is 0.0537. The summed E-state index contributed by atoms with van der Waals surface area (Å²) in [6.07, 6.45) is 4.37. The van der Waals surface area contributed by atoms with Crippen molar-refractivity contribution in [2.75, 3.05) is 13.3 Å². The Bertz CT molecular complexity index is 1350. The molecule has 0 saturated heterocycles. The molecule has 0 aliphatic carbocycles. The number of fused-ring (bicyclic) bond motifs is 1. The van der Waals surface area contributed by atoms with E-state index in [-0.39, 0.29) is 18.5 Å². The summed E-state index contributed by atoms with van der Waals surface area (Å²) in [7, 11) is -0.945. The number of aromatic nitrogens is 1. The summed E-state index contributed by atoms with van der Waals surface area (Å²) in [4.78, 5) is 23.6. The Morgan fingerprint density at radius 2 is 2.03 bits per heavy atom. The van der Waals surface area contributed by atoms with Crippen LogP contribution >= 0.6 is 24.0 Å². The van der Waals surface area contributed by atoms with Gasteiger partial charge in [-0.05, 0) is 55.3 Å². The van der Waals surface area contributed by atoms with Crippen molar-refractivity contribution in [3.05, 3.63) is 63.8 Å². The van der Waals surface area contributed by atoms with Crippen molar-refractivity contribution in [2.24, 2.45) is 0 Å². The van der Waals surface area contributed by atoms with Gasteiger partial charge in [-0.3, -0.25) is 9.36 Å². The first-order valence-electron chi connectivity index (χ1n) is 10.0. The fraction of sp³-hybridized carbons (Fsp3) is 0.208. The molecule has 166 valence electrons. The van der Waals surface area contributed by atoms with Crippen molar-refractivity contribution in [2.45, 2.75) is 19.3 Å². The molecule has 1 aromatic heterocycles. The second kappa shape index (κ2) is 11.0. The molecular formula is C24H19BrN3O4P. The van der Waals surface area contributed by atoms with Gasteiger partial charge in [-0.25, -0.2) is 0 Å². The molecule has 33 heavy (non-hydrogen) atoms. The first-order chi connectivity index (χ1) is 15.9. The zero-order chi connectivity index (χ0) is 24.0. The van der Waals surface area contributed by atoms with E-state index in [9.17, 15) is 24.8 Å². The van der Waals surface area contributed by atoms with Gasteiger partial charge in [0.15, 0.2) is 0 Å². The van der Waals surface area contributed by atoms with Gasteiger partial charge in [0.25, 0.3) is 0 Å². The molecule has 3 rings (SSSR count). The van der Waals surface area contributed by atoms with Crippen molar-refractivity contribution in [3.63, 3.8) is 0 Å². The van der Waals surface area contributed by atoms with Gasteiger partial charge in [0, 0.05) is 33.6 Å². The topological polar surface area (TPSA) is 119 Å². The number of hydrogen-bond donors (Lipinski definition) is 0. The number of rotatable bonds is 8. The summed E-state index contributed by atoms with van der Waals surface area (Å²) in [5.74, 6) is 0.329. The standard InChI is InChI=1S/C24H19BrN3O4P/c1-32-23-8-5-16(13-26)10-17(23)11-18(14-27)21-15-28(22-7-6-19(25)12-20(21)22)24(29)4-2-3-9-33(30)31/h5-8,10-12,15H,2-4,9H2,1H3/b18-11+. The molecule has 7 nitrogen and oxygen atoms in total. The molecule has 1 atom stereocenters. The maximum absolute atomic E-state index is 12.9. The summed E-state index contributed by atoms with van der Waals surface area (Å²) in [5.41, 5.74) is 2.52. The molecule has 0 aliphatic rings. The van der Waals surface area contributed by atoms with Crippen LogP contribution in [0.4, 0.5) is 0 Å². The molecule has 0 aliphatic heterocycles. The van der Waals surface area contributed by atoms with Gasteiger partial charge in [0.05, 0.1) is 35.9 Å². The Morgan fingerprint density at radius 3 is 2.70 bits per heavy atom. The van der Waals surface area contributed by atoms with Crippen molar-refractivity contribution in [1.82, 2.24) is 4.57 Å². The molecule has 0 saturated carbocycles. The predicted octanol–water partition coefficient (Wildman–Crippen LogP) is 5.26. The Balaban J connectivity index is 2.07. The van der Waals surface area contributed by atoms with E-state index in [4.69, 9.17) is 4.74 Å². The van der Waals surface area contributed by atoms with E-state index >= 15 is 0 Å². The SMILES string of the molecule is COc1ccc(C#N)cc1/C=C(\C#N)c1cn(C(=O)CCCC[P+](=O)[O-])c2ccc(Br)cc12. The van der Waals surface area contributed by atoms with Crippen LogP contribution in [-0.2, 0) is 4.57 Å². The molecule has 1 heterocycles. The van der Waals surface area contributed by atoms with Gasteiger partial charge in [-0.15, -0.1) is 0 Å². The molecule has 0 spiro atoms. The smallest absolute Gasteiger partial charge is 0.308 e. The van der Waals surface area contributed by atoms with Gasteiger partial charge in [-0.2, -0.15) is 10.5 Å². The fourth-order valence-electron chi connectivity index (χ4n) is 3.50. The average molecular weight is 524 g/mol. The summed E-state index contributed by atoms with van der Waals surface area (Å²) >= 11 is 3.45. The van der Waals surface area contributed by atoms with Crippen LogP contribution in [0.1, 0.15) is 40.7 Å². The van der Waals surface area contributed by atoms with Crippen molar-refractivity contribution in [1.29, 1.82) is 10.5 Å². The molecule has 3 aromatic rings. The van der Waals surface area contributed by atoms with Gasteiger partial charge in [0.2, 0.25) is 5.91 Å². The minimum atomic E-state index is -2.45. The lowest BCUT2D eigenvalue weighted by atomic mass is 10.0. The number of nitrogens with zero attached hydrogens (tertiary/aromatic N) is 3. The Labute approximate surface area is 200 Å². The van der Waals surface area contributed by atoms with Crippen LogP contribution in [0, 0.1) is 22.7 Å². The molecule has 0 radical (unpaired) electrons. The summed E-state index contributed by atoms with van der Waals surface area (Å²) < 4.78 is 18.4. The van der Waals surface area contributed by atoms with E-state index in [1.807, 2.05) is 12.1 Å². The van der Waals surface area contributed by atoms with Crippen molar-refractivity contribution >= 4 is 52.4 Å². The lowest BCUT2D eigenvalue weighted by Gasteiger charge is -2.06. The van der Waals surface area contributed by atoms with E-state index in [1.165, 1.54) is 11.7 Å². The highest BCUT2D eigenvalue weighted by atomic mass is 79.9. The highest BCUT2D eigenvalue weighted by Gasteiger charge is 2.18. The summed E-state index contributed by atoms with van der Waals surface area (Å²) in [5, 5.41) is 19.9. The third kappa shape index (κ3) is 5.74. The molecule has 0 N–H and O–H groups in total. The van der Waals surface area contributed by atoms with Crippen molar-refractivity contribution in [3.8, 4) is 17.9 Å². The van der Waals surface area contributed by atoms with Crippen LogP contribution in [0.5, 0.6) is 5.75 Å². The molecular weight excluding hydrogens is 505 g/mol. The third-order valence-electron chi connectivity index (χ3n) is 5.09. The third-order valence-corrected chi connectivity index (χ3v) is 6.26. The largest absolute Gasteiger partial charge is 0.596 e. The van der Waals surface area contributed by atoms with Crippen LogP contribution in [0.2, 0.25) is 0 Å². The number of nitriles is 2. The summed E-state index contributed by atoms with van der Waals surface area (Å²) in [6, 6.07) is 14.7. The lowest BCUT2D eigenvalue weighted by Crippen LogP contribution is -2.09. The molecule has 2 aromatic carbocycles. The van der Waals surface area contributed by atoms with Crippen LogP contribution in [0.15, 0.2) is 47.1 Å². The quantitative estimate of drug-likeness (QED) is 0.225. The maximum Gasteiger partial charge on any atom is 0.308 e. The molecule has 1 unspecified atom stereocenters. The highest BCUT2D eigenvalue weighted by Crippen LogP contribution is 2.33. The normalized spacial score (nSPS) is 11.7. The first-order valence-corrected chi connectivity index (χ1v) is 12.2. The molecule has 0 amide bonds. The van der Waals surface area contributed by atoms with Crippen molar-refractivity contribution < 1.29 is 19.0 Å². The van der Waals surface area contributed by atoms with Gasteiger partial charge in [0.1, 0.15) is 11.9 Å². The Hall–Kier alpha value is -3.29. The van der Waals surface area contributed by atoms with Gasteiger partial charge in [-0.1, -0.05) is 20.5 Å². The second-order valence-electron chi connectivity index (χ2n) is 7.22. The zero-order valence-corrected chi connectivity index (χ0v) is 20.2. The van der Waals surface area contributed by atoms with Crippen LogP contribution < -0.4 is 9.63 Å². The predicted molar refractivity (Wildman–Crippen MR) is 128 cm³/mol. The number of hydrogen-bond acceptors (Lipinski definition) is 6.